The highest BCUT2D eigenvalue weighted by Gasteiger charge is 2.15. The molecule has 2 aromatic rings. The van der Waals surface area contributed by atoms with E-state index in [1.54, 1.807) is 12.5 Å². The number of nitrogens with one attached hydrogen (secondary N) is 1. The van der Waals surface area contributed by atoms with Gasteiger partial charge >= 0.3 is 0 Å². The highest BCUT2D eigenvalue weighted by molar-refractivity contribution is 5.53. The number of hydrogen-bond acceptors (Lipinski definition) is 3. The molecule has 1 saturated heterocycles. The van der Waals surface area contributed by atoms with Crippen molar-refractivity contribution in [3.8, 4) is 11.5 Å². The van der Waals surface area contributed by atoms with E-state index in [-0.39, 0.29) is 0 Å². The third-order valence-electron chi connectivity index (χ3n) is 3.05. The number of oxazole rings is 1. The van der Waals surface area contributed by atoms with Crippen molar-refractivity contribution in [1.82, 2.24) is 10.3 Å². The second-order valence-corrected chi connectivity index (χ2v) is 4.11. The molecular formula is C13H14N2O. The second kappa shape index (κ2) is 4.10. The maximum Gasteiger partial charge on any atom is 0.225 e. The van der Waals surface area contributed by atoms with Crippen LogP contribution in [0.1, 0.15) is 24.4 Å². The van der Waals surface area contributed by atoms with E-state index in [9.17, 15) is 0 Å². The molecule has 3 heteroatoms. The number of rotatable bonds is 2. The van der Waals surface area contributed by atoms with Gasteiger partial charge in [0.15, 0.2) is 0 Å². The number of benzene rings is 1. The predicted molar refractivity (Wildman–Crippen MR) is 61.9 cm³/mol. The minimum absolute atomic E-state index is 0.526. The van der Waals surface area contributed by atoms with Crippen LogP contribution in [0.15, 0.2) is 41.1 Å². The van der Waals surface area contributed by atoms with Crippen molar-refractivity contribution in [2.75, 3.05) is 6.54 Å². The molecule has 0 saturated carbocycles. The molecule has 1 aromatic heterocycles. The van der Waals surface area contributed by atoms with Gasteiger partial charge in [-0.1, -0.05) is 12.1 Å². The van der Waals surface area contributed by atoms with E-state index in [1.165, 1.54) is 18.4 Å². The van der Waals surface area contributed by atoms with Gasteiger partial charge in [-0.2, -0.15) is 0 Å². The first-order valence-electron chi connectivity index (χ1n) is 5.67. The van der Waals surface area contributed by atoms with Crippen molar-refractivity contribution >= 4 is 0 Å². The van der Waals surface area contributed by atoms with Gasteiger partial charge in [-0.3, -0.25) is 0 Å². The van der Waals surface area contributed by atoms with Crippen LogP contribution in [0.5, 0.6) is 0 Å². The summed E-state index contributed by atoms with van der Waals surface area (Å²) in [5, 5.41) is 3.49. The van der Waals surface area contributed by atoms with Crippen LogP contribution in [0.4, 0.5) is 0 Å². The van der Waals surface area contributed by atoms with Crippen LogP contribution in [0.25, 0.3) is 11.5 Å². The molecule has 1 fully saturated rings. The number of hydrogen-bond donors (Lipinski definition) is 1. The van der Waals surface area contributed by atoms with Gasteiger partial charge in [0.2, 0.25) is 5.89 Å². The molecule has 0 amide bonds. The molecule has 1 N–H and O–H groups in total. The largest absolute Gasteiger partial charge is 0.445 e. The Balaban J connectivity index is 1.84. The summed E-state index contributed by atoms with van der Waals surface area (Å²) in [7, 11) is 0. The third kappa shape index (κ3) is 1.74. The zero-order valence-electron chi connectivity index (χ0n) is 9.02. The van der Waals surface area contributed by atoms with E-state index < -0.39 is 0 Å². The van der Waals surface area contributed by atoms with Crippen LogP contribution in [-0.4, -0.2) is 11.5 Å². The lowest BCUT2D eigenvalue weighted by Gasteiger charge is -2.10. The smallest absolute Gasteiger partial charge is 0.225 e. The van der Waals surface area contributed by atoms with Crippen molar-refractivity contribution in [2.24, 2.45) is 0 Å². The van der Waals surface area contributed by atoms with E-state index in [4.69, 9.17) is 4.42 Å². The van der Waals surface area contributed by atoms with Crippen LogP contribution >= 0.6 is 0 Å². The normalized spacial score (nSPS) is 20.1. The molecule has 2 heterocycles. The average Bonchev–Trinajstić information content (AvgIpc) is 3.03. The van der Waals surface area contributed by atoms with Gasteiger partial charge in [0.1, 0.15) is 6.26 Å². The molecule has 3 rings (SSSR count). The SMILES string of the molecule is c1coc(-c2ccc(C3CCCN3)cc2)n1. The number of nitrogens with zero attached hydrogens (tertiary/aromatic N) is 1. The predicted octanol–water partition coefficient (Wildman–Crippen LogP) is 2.77. The maximum absolute atomic E-state index is 5.26. The molecule has 82 valence electrons. The lowest BCUT2D eigenvalue weighted by atomic mass is 10.0. The van der Waals surface area contributed by atoms with Crippen LogP contribution in [-0.2, 0) is 0 Å². The highest BCUT2D eigenvalue weighted by Crippen LogP contribution is 2.25. The molecule has 0 radical (unpaired) electrons. The number of aromatic nitrogens is 1. The third-order valence-corrected chi connectivity index (χ3v) is 3.05. The molecule has 0 bridgehead atoms. The summed E-state index contributed by atoms with van der Waals surface area (Å²) >= 11 is 0. The van der Waals surface area contributed by atoms with Gasteiger partial charge in [-0.15, -0.1) is 0 Å². The van der Waals surface area contributed by atoms with Gasteiger partial charge in [-0.05, 0) is 37.1 Å². The molecule has 1 unspecified atom stereocenters. The fourth-order valence-corrected chi connectivity index (χ4v) is 2.19. The minimum atomic E-state index is 0.526. The summed E-state index contributed by atoms with van der Waals surface area (Å²) < 4.78 is 5.26. The van der Waals surface area contributed by atoms with Gasteiger partial charge in [0, 0.05) is 11.6 Å². The van der Waals surface area contributed by atoms with E-state index in [2.05, 4.69) is 34.6 Å². The fraction of sp³-hybridized carbons (Fsp3) is 0.308. The molecule has 1 aliphatic rings. The van der Waals surface area contributed by atoms with Crippen LogP contribution in [0.2, 0.25) is 0 Å². The zero-order chi connectivity index (χ0) is 10.8. The Bertz CT molecular complexity index is 441. The monoisotopic (exact) mass is 214 g/mol. The maximum atomic E-state index is 5.26. The average molecular weight is 214 g/mol. The molecular weight excluding hydrogens is 200 g/mol. The van der Waals surface area contributed by atoms with E-state index in [1.807, 2.05) is 0 Å². The van der Waals surface area contributed by atoms with Crippen molar-refractivity contribution in [1.29, 1.82) is 0 Å². The summed E-state index contributed by atoms with van der Waals surface area (Å²) in [5.74, 6) is 0.686. The van der Waals surface area contributed by atoms with E-state index in [0.717, 1.165) is 12.1 Å². The van der Waals surface area contributed by atoms with Crippen molar-refractivity contribution < 1.29 is 4.42 Å². The first-order valence-corrected chi connectivity index (χ1v) is 5.67. The van der Waals surface area contributed by atoms with Crippen molar-refractivity contribution in [3.05, 3.63) is 42.3 Å². The Kier molecular flexibility index (Phi) is 2.46. The molecule has 16 heavy (non-hydrogen) atoms. The summed E-state index contributed by atoms with van der Waals surface area (Å²) in [6.45, 7) is 1.13. The van der Waals surface area contributed by atoms with Gasteiger partial charge in [-0.25, -0.2) is 4.98 Å². The van der Waals surface area contributed by atoms with Gasteiger partial charge < -0.3 is 9.73 Å². The van der Waals surface area contributed by atoms with Crippen LogP contribution in [0, 0.1) is 0 Å². The summed E-state index contributed by atoms with van der Waals surface area (Å²) in [4.78, 5) is 4.13. The Hall–Kier alpha value is -1.61. The van der Waals surface area contributed by atoms with Gasteiger partial charge in [0.05, 0.1) is 6.20 Å². The van der Waals surface area contributed by atoms with E-state index >= 15 is 0 Å². The minimum Gasteiger partial charge on any atom is -0.445 e. The highest BCUT2D eigenvalue weighted by atomic mass is 16.3. The second-order valence-electron chi connectivity index (χ2n) is 4.11. The molecule has 1 aromatic carbocycles. The van der Waals surface area contributed by atoms with Crippen LogP contribution < -0.4 is 5.32 Å². The van der Waals surface area contributed by atoms with E-state index in [0.29, 0.717) is 11.9 Å². The molecule has 0 spiro atoms. The molecule has 3 nitrogen and oxygen atoms in total. The first-order chi connectivity index (χ1) is 7.93. The first kappa shape index (κ1) is 9.60. The summed E-state index contributed by atoms with van der Waals surface area (Å²) in [5.41, 5.74) is 2.39. The Labute approximate surface area is 94.5 Å². The Morgan fingerprint density at radius 3 is 2.75 bits per heavy atom. The zero-order valence-corrected chi connectivity index (χ0v) is 9.02. The fourth-order valence-electron chi connectivity index (χ4n) is 2.19. The van der Waals surface area contributed by atoms with Crippen LogP contribution in [0.3, 0.4) is 0 Å². The van der Waals surface area contributed by atoms with Crippen molar-refractivity contribution in [2.45, 2.75) is 18.9 Å². The Morgan fingerprint density at radius 1 is 1.25 bits per heavy atom. The van der Waals surface area contributed by atoms with Gasteiger partial charge in [0.25, 0.3) is 0 Å². The molecule has 1 atom stereocenters. The molecule has 1 aliphatic heterocycles. The quantitative estimate of drug-likeness (QED) is 0.835. The lowest BCUT2D eigenvalue weighted by molar-refractivity contribution is 0.574. The topological polar surface area (TPSA) is 38.1 Å². The Morgan fingerprint density at radius 2 is 2.12 bits per heavy atom. The van der Waals surface area contributed by atoms with Crippen molar-refractivity contribution in [3.63, 3.8) is 0 Å². The summed E-state index contributed by atoms with van der Waals surface area (Å²) in [6.07, 6.45) is 5.77. The summed E-state index contributed by atoms with van der Waals surface area (Å²) in [6, 6.07) is 8.98. The molecule has 0 aliphatic carbocycles. The standard InChI is InChI=1S/C13H14N2O/c1-2-12(14-7-1)10-3-5-11(6-4-10)13-15-8-9-16-13/h3-6,8-9,12,14H,1-2,7H2. The lowest BCUT2D eigenvalue weighted by Crippen LogP contribution is -2.12.